The molecule has 1 heterocycles. The molecule has 142 valence electrons. The lowest BCUT2D eigenvalue weighted by Crippen LogP contribution is -2.45. The van der Waals surface area contributed by atoms with E-state index in [1.165, 1.54) is 0 Å². The average molecular weight is 361 g/mol. The molecule has 1 fully saturated rings. The second kappa shape index (κ2) is 9.36. The van der Waals surface area contributed by atoms with Gasteiger partial charge in [-0.1, -0.05) is 19.1 Å². The SMILES string of the molecule is CCOC(=O)C1CCN(C(=O)C(C)OC(=O)c2ccc(CC)cc2)CC1. The number of carbonyl (C=O) groups excluding carboxylic acids is 3. The highest BCUT2D eigenvalue weighted by molar-refractivity contribution is 5.92. The molecular formula is C20H27NO5. The zero-order chi connectivity index (χ0) is 19.1. The predicted molar refractivity (Wildman–Crippen MR) is 96.6 cm³/mol. The number of aryl methyl sites for hydroxylation is 1. The van der Waals surface area contributed by atoms with Gasteiger partial charge in [-0.25, -0.2) is 4.79 Å². The molecule has 6 heteroatoms. The average Bonchev–Trinajstić information content (AvgIpc) is 2.67. The summed E-state index contributed by atoms with van der Waals surface area (Å²) in [5, 5.41) is 0. The van der Waals surface area contributed by atoms with Crippen molar-refractivity contribution in [2.75, 3.05) is 19.7 Å². The van der Waals surface area contributed by atoms with Crippen LogP contribution in [0.25, 0.3) is 0 Å². The number of esters is 2. The Morgan fingerprint density at radius 2 is 1.73 bits per heavy atom. The van der Waals surface area contributed by atoms with Crippen molar-refractivity contribution < 1.29 is 23.9 Å². The zero-order valence-corrected chi connectivity index (χ0v) is 15.7. The highest BCUT2D eigenvalue weighted by atomic mass is 16.5. The van der Waals surface area contributed by atoms with E-state index in [-0.39, 0.29) is 17.8 Å². The van der Waals surface area contributed by atoms with E-state index in [9.17, 15) is 14.4 Å². The highest BCUT2D eigenvalue weighted by Crippen LogP contribution is 2.20. The van der Waals surface area contributed by atoms with Gasteiger partial charge in [-0.2, -0.15) is 0 Å². The summed E-state index contributed by atoms with van der Waals surface area (Å²) in [5.41, 5.74) is 1.57. The number of hydrogen-bond acceptors (Lipinski definition) is 5. The third-order valence-electron chi connectivity index (χ3n) is 4.66. The van der Waals surface area contributed by atoms with E-state index in [0.717, 1.165) is 12.0 Å². The molecule has 1 aromatic rings. The maximum absolute atomic E-state index is 12.5. The van der Waals surface area contributed by atoms with Crippen LogP contribution in [0.1, 0.15) is 49.5 Å². The van der Waals surface area contributed by atoms with E-state index < -0.39 is 12.1 Å². The van der Waals surface area contributed by atoms with Gasteiger partial charge in [-0.3, -0.25) is 9.59 Å². The van der Waals surface area contributed by atoms with Crippen molar-refractivity contribution in [2.24, 2.45) is 5.92 Å². The number of piperidine rings is 1. The maximum atomic E-state index is 12.5. The summed E-state index contributed by atoms with van der Waals surface area (Å²) in [7, 11) is 0. The molecular weight excluding hydrogens is 334 g/mol. The fourth-order valence-electron chi connectivity index (χ4n) is 3.01. The third-order valence-corrected chi connectivity index (χ3v) is 4.66. The van der Waals surface area contributed by atoms with Crippen molar-refractivity contribution in [3.8, 4) is 0 Å². The van der Waals surface area contributed by atoms with Gasteiger partial charge in [-0.05, 0) is 50.8 Å². The van der Waals surface area contributed by atoms with Crippen LogP contribution in [0.3, 0.4) is 0 Å². The Hall–Kier alpha value is -2.37. The molecule has 1 aromatic carbocycles. The fourth-order valence-corrected chi connectivity index (χ4v) is 3.01. The number of nitrogens with zero attached hydrogens (tertiary/aromatic N) is 1. The minimum atomic E-state index is -0.854. The molecule has 0 spiro atoms. The molecule has 1 aliphatic heterocycles. The zero-order valence-electron chi connectivity index (χ0n) is 15.7. The van der Waals surface area contributed by atoms with Gasteiger partial charge in [0.2, 0.25) is 0 Å². The largest absolute Gasteiger partial charge is 0.466 e. The summed E-state index contributed by atoms with van der Waals surface area (Å²) in [6, 6.07) is 7.18. The van der Waals surface area contributed by atoms with Gasteiger partial charge >= 0.3 is 11.9 Å². The quantitative estimate of drug-likeness (QED) is 0.728. The topological polar surface area (TPSA) is 72.9 Å². The van der Waals surface area contributed by atoms with E-state index in [4.69, 9.17) is 9.47 Å². The second-order valence-corrected chi connectivity index (χ2v) is 6.45. The Labute approximate surface area is 154 Å². The van der Waals surface area contributed by atoms with Crippen LogP contribution >= 0.6 is 0 Å². The van der Waals surface area contributed by atoms with Gasteiger partial charge in [0, 0.05) is 13.1 Å². The lowest BCUT2D eigenvalue weighted by Gasteiger charge is -2.32. The van der Waals surface area contributed by atoms with Gasteiger partial charge in [0.15, 0.2) is 6.10 Å². The first-order valence-electron chi connectivity index (χ1n) is 9.21. The van der Waals surface area contributed by atoms with E-state index in [2.05, 4.69) is 0 Å². The van der Waals surface area contributed by atoms with Gasteiger partial charge in [0.05, 0.1) is 18.1 Å². The van der Waals surface area contributed by atoms with Crippen LogP contribution < -0.4 is 0 Å². The summed E-state index contributed by atoms with van der Waals surface area (Å²) in [4.78, 5) is 38.1. The van der Waals surface area contributed by atoms with Crippen molar-refractivity contribution in [2.45, 2.75) is 46.1 Å². The van der Waals surface area contributed by atoms with Crippen LogP contribution in [0.5, 0.6) is 0 Å². The first-order chi connectivity index (χ1) is 12.5. The van der Waals surface area contributed by atoms with Crippen LogP contribution in [0.4, 0.5) is 0 Å². The lowest BCUT2D eigenvalue weighted by atomic mass is 9.97. The van der Waals surface area contributed by atoms with Crippen LogP contribution in [0, 0.1) is 5.92 Å². The lowest BCUT2D eigenvalue weighted by molar-refractivity contribution is -0.152. The van der Waals surface area contributed by atoms with Crippen molar-refractivity contribution in [3.05, 3.63) is 35.4 Å². The Bertz CT molecular complexity index is 632. The fraction of sp³-hybridized carbons (Fsp3) is 0.550. The van der Waals surface area contributed by atoms with Crippen LogP contribution in [-0.2, 0) is 25.5 Å². The molecule has 1 saturated heterocycles. The number of benzene rings is 1. The molecule has 2 rings (SSSR count). The Kier molecular flexibility index (Phi) is 7.18. The first-order valence-corrected chi connectivity index (χ1v) is 9.21. The normalized spacial score (nSPS) is 16.0. The molecule has 1 atom stereocenters. The predicted octanol–water partition coefficient (Wildman–Crippen LogP) is 2.60. The van der Waals surface area contributed by atoms with Crippen molar-refractivity contribution in [1.29, 1.82) is 0 Å². The number of amides is 1. The number of rotatable bonds is 6. The summed E-state index contributed by atoms with van der Waals surface area (Å²) < 4.78 is 10.3. The number of likely N-dealkylation sites (tertiary alicyclic amines) is 1. The van der Waals surface area contributed by atoms with Gasteiger partial charge in [0.25, 0.3) is 5.91 Å². The molecule has 0 bridgehead atoms. The van der Waals surface area contributed by atoms with E-state index in [1.54, 1.807) is 30.9 Å². The molecule has 1 aliphatic rings. The minimum Gasteiger partial charge on any atom is -0.466 e. The third kappa shape index (κ3) is 5.07. The summed E-state index contributed by atoms with van der Waals surface area (Å²) in [6.07, 6.45) is 1.19. The minimum absolute atomic E-state index is 0.158. The van der Waals surface area contributed by atoms with Crippen molar-refractivity contribution in [1.82, 2.24) is 4.90 Å². The van der Waals surface area contributed by atoms with Gasteiger partial charge in [0.1, 0.15) is 0 Å². The number of hydrogen-bond donors (Lipinski definition) is 0. The van der Waals surface area contributed by atoms with Gasteiger partial charge < -0.3 is 14.4 Å². The van der Waals surface area contributed by atoms with E-state index >= 15 is 0 Å². The molecule has 6 nitrogen and oxygen atoms in total. The molecule has 26 heavy (non-hydrogen) atoms. The molecule has 0 aromatic heterocycles. The standard InChI is InChI=1S/C20H27NO5/c1-4-15-6-8-16(9-7-15)20(24)26-14(3)18(22)21-12-10-17(11-13-21)19(23)25-5-2/h6-9,14,17H,4-5,10-13H2,1-3H3. The Morgan fingerprint density at radius 1 is 1.12 bits per heavy atom. The van der Waals surface area contributed by atoms with Crippen LogP contribution in [-0.4, -0.2) is 48.5 Å². The van der Waals surface area contributed by atoms with Crippen LogP contribution in [0.15, 0.2) is 24.3 Å². The molecule has 1 unspecified atom stereocenters. The molecule has 1 amide bonds. The number of carbonyl (C=O) groups is 3. The van der Waals surface area contributed by atoms with Crippen molar-refractivity contribution in [3.63, 3.8) is 0 Å². The van der Waals surface area contributed by atoms with Crippen LogP contribution in [0.2, 0.25) is 0 Å². The Balaban J connectivity index is 1.85. The van der Waals surface area contributed by atoms with E-state index in [0.29, 0.717) is 38.1 Å². The van der Waals surface area contributed by atoms with E-state index in [1.807, 2.05) is 19.1 Å². The van der Waals surface area contributed by atoms with Crippen molar-refractivity contribution >= 4 is 17.8 Å². The molecule has 0 N–H and O–H groups in total. The summed E-state index contributed by atoms with van der Waals surface area (Å²) >= 11 is 0. The van der Waals surface area contributed by atoms with Gasteiger partial charge in [-0.15, -0.1) is 0 Å². The first kappa shape index (κ1) is 19.9. The highest BCUT2D eigenvalue weighted by Gasteiger charge is 2.31. The summed E-state index contributed by atoms with van der Waals surface area (Å²) in [5.74, 6) is -1.09. The monoisotopic (exact) mass is 361 g/mol. The molecule has 0 radical (unpaired) electrons. The summed E-state index contributed by atoms with van der Waals surface area (Å²) in [6.45, 7) is 6.70. The Morgan fingerprint density at radius 3 is 2.27 bits per heavy atom. The number of ether oxygens (including phenoxy) is 2. The second-order valence-electron chi connectivity index (χ2n) is 6.45. The smallest absolute Gasteiger partial charge is 0.338 e. The molecule has 0 aliphatic carbocycles. The molecule has 0 saturated carbocycles. The maximum Gasteiger partial charge on any atom is 0.338 e.